The number of nitrogens with two attached hydrogens (primary N) is 1. The van der Waals surface area contributed by atoms with Crippen molar-refractivity contribution in [2.75, 3.05) is 11.1 Å². The van der Waals surface area contributed by atoms with Gasteiger partial charge in [0.05, 0.1) is 0 Å². The van der Waals surface area contributed by atoms with Crippen LogP contribution in [0.5, 0.6) is 0 Å². The Bertz CT molecular complexity index is 517. The van der Waals surface area contributed by atoms with E-state index in [1.165, 1.54) is 5.56 Å². The van der Waals surface area contributed by atoms with Gasteiger partial charge >= 0.3 is 0 Å². The molecule has 2 rings (SSSR count). The van der Waals surface area contributed by atoms with Gasteiger partial charge in [0.25, 0.3) is 0 Å². The molecule has 94 valence electrons. The van der Waals surface area contributed by atoms with Gasteiger partial charge in [0, 0.05) is 11.8 Å². The summed E-state index contributed by atoms with van der Waals surface area (Å²) in [6.45, 7) is 4.00. The van der Waals surface area contributed by atoms with Crippen LogP contribution in [0, 0.1) is 6.92 Å². The van der Waals surface area contributed by atoms with Crippen molar-refractivity contribution in [2.45, 2.75) is 26.7 Å². The molecule has 0 spiro atoms. The van der Waals surface area contributed by atoms with Gasteiger partial charge in [-0.1, -0.05) is 31.5 Å². The summed E-state index contributed by atoms with van der Waals surface area (Å²) in [5, 5.41) is 3.31. The number of nitrogens with zero attached hydrogens (tertiary/aromatic N) is 2. The lowest BCUT2D eigenvalue weighted by Crippen LogP contribution is -2.02. The first-order valence-electron chi connectivity index (χ1n) is 6.15. The molecule has 1 aromatic heterocycles. The highest BCUT2D eigenvalue weighted by Crippen LogP contribution is 2.21. The summed E-state index contributed by atoms with van der Waals surface area (Å²) >= 11 is 0. The topological polar surface area (TPSA) is 63.8 Å². The molecule has 18 heavy (non-hydrogen) atoms. The Hall–Kier alpha value is -2.10. The van der Waals surface area contributed by atoms with Gasteiger partial charge in [0.15, 0.2) is 0 Å². The van der Waals surface area contributed by atoms with Gasteiger partial charge in [-0.2, -0.15) is 0 Å². The molecule has 2 aromatic rings. The van der Waals surface area contributed by atoms with Crippen molar-refractivity contribution in [3.8, 4) is 0 Å². The highest BCUT2D eigenvalue weighted by Gasteiger charge is 2.03. The van der Waals surface area contributed by atoms with E-state index in [9.17, 15) is 0 Å². The van der Waals surface area contributed by atoms with Crippen molar-refractivity contribution in [2.24, 2.45) is 0 Å². The molecule has 4 heteroatoms. The molecule has 0 unspecified atom stereocenters. The maximum absolute atomic E-state index is 5.72. The summed E-state index contributed by atoms with van der Waals surface area (Å²) in [5.74, 6) is 1.90. The normalized spacial score (nSPS) is 10.3. The third-order valence-corrected chi connectivity index (χ3v) is 2.66. The maximum atomic E-state index is 5.72. The van der Waals surface area contributed by atoms with Crippen LogP contribution < -0.4 is 11.1 Å². The van der Waals surface area contributed by atoms with E-state index in [0.29, 0.717) is 11.6 Å². The second-order valence-corrected chi connectivity index (χ2v) is 4.26. The van der Waals surface area contributed by atoms with Crippen LogP contribution in [0.2, 0.25) is 0 Å². The van der Waals surface area contributed by atoms with Crippen LogP contribution in [0.4, 0.5) is 17.3 Å². The summed E-state index contributed by atoms with van der Waals surface area (Å²) in [5.41, 5.74) is 8.09. The lowest BCUT2D eigenvalue weighted by molar-refractivity contribution is 0.923. The van der Waals surface area contributed by atoms with Crippen molar-refractivity contribution in [3.05, 3.63) is 41.7 Å². The van der Waals surface area contributed by atoms with Gasteiger partial charge in [0.1, 0.15) is 17.5 Å². The SMILES string of the molecule is CCCc1ccccc1Nc1cc(N)nc(C)n1. The van der Waals surface area contributed by atoms with Crippen LogP contribution in [0.25, 0.3) is 0 Å². The molecule has 0 fully saturated rings. The Morgan fingerprint density at radius 2 is 2.00 bits per heavy atom. The van der Waals surface area contributed by atoms with Crippen LogP contribution in [-0.4, -0.2) is 9.97 Å². The third kappa shape index (κ3) is 2.97. The Labute approximate surface area is 107 Å². The van der Waals surface area contributed by atoms with E-state index in [1.54, 1.807) is 6.07 Å². The van der Waals surface area contributed by atoms with Gasteiger partial charge in [-0.25, -0.2) is 9.97 Å². The molecule has 0 atom stereocenters. The minimum Gasteiger partial charge on any atom is -0.384 e. The monoisotopic (exact) mass is 242 g/mol. The quantitative estimate of drug-likeness (QED) is 0.864. The predicted octanol–water partition coefficient (Wildman–Crippen LogP) is 3.06. The summed E-state index contributed by atoms with van der Waals surface area (Å²) < 4.78 is 0. The Morgan fingerprint density at radius 3 is 2.72 bits per heavy atom. The summed E-state index contributed by atoms with van der Waals surface area (Å²) in [6.07, 6.45) is 2.16. The van der Waals surface area contributed by atoms with Crippen molar-refractivity contribution in [1.29, 1.82) is 0 Å². The number of hydrogen-bond donors (Lipinski definition) is 2. The molecule has 1 aromatic carbocycles. The highest BCUT2D eigenvalue weighted by atomic mass is 15.0. The molecule has 0 radical (unpaired) electrons. The van der Waals surface area contributed by atoms with E-state index in [2.05, 4.69) is 40.4 Å². The molecular weight excluding hydrogens is 224 g/mol. The lowest BCUT2D eigenvalue weighted by atomic mass is 10.1. The van der Waals surface area contributed by atoms with Crippen molar-refractivity contribution < 1.29 is 0 Å². The van der Waals surface area contributed by atoms with Crippen LogP contribution in [0.3, 0.4) is 0 Å². The molecule has 0 bridgehead atoms. The maximum Gasteiger partial charge on any atom is 0.136 e. The number of aryl methyl sites for hydroxylation is 2. The van der Waals surface area contributed by atoms with Crippen LogP contribution >= 0.6 is 0 Å². The third-order valence-electron chi connectivity index (χ3n) is 2.66. The standard InChI is InChI=1S/C14H18N4/c1-3-6-11-7-4-5-8-12(11)18-14-9-13(15)16-10(2)17-14/h4-5,7-9H,3,6H2,1-2H3,(H3,15,16,17,18). The fraction of sp³-hybridized carbons (Fsp3) is 0.286. The zero-order chi connectivity index (χ0) is 13.0. The van der Waals surface area contributed by atoms with Crippen LogP contribution in [-0.2, 0) is 6.42 Å². The molecule has 0 saturated heterocycles. The van der Waals surface area contributed by atoms with E-state index in [0.717, 1.165) is 24.3 Å². The van der Waals surface area contributed by atoms with Gasteiger partial charge in [-0.3, -0.25) is 0 Å². The summed E-state index contributed by atoms with van der Waals surface area (Å²) in [4.78, 5) is 8.39. The average molecular weight is 242 g/mol. The smallest absolute Gasteiger partial charge is 0.136 e. The van der Waals surface area contributed by atoms with Crippen molar-refractivity contribution in [1.82, 2.24) is 9.97 Å². The molecule has 4 nitrogen and oxygen atoms in total. The number of para-hydroxylation sites is 1. The van der Waals surface area contributed by atoms with Gasteiger partial charge < -0.3 is 11.1 Å². The van der Waals surface area contributed by atoms with Crippen molar-refractivity contribution in [3.63, 3.8) is 0 Å². The molecule has 0 aliphatic heterocycles. The fourth-order valence-electron chi connectivity index (χ4n) is 1.92. The molecule has 0 aliphatic rings. The summed E-state index contributed by atoms with van der Waals surface area (Å²) in [7, 11) is 0. The second-order valence-electron chi connectivity index (χ2n) is 4.26. The highest BCUT2D eigenvalue weighted by molar-refractivity contribution is 5.62. The molecule has 0 amide bonds. The largest absolute Gasteiger partial charge is 0.384 e. The zero-order valence-electron chi connectivity index (χ0n) is 10.8. The lowest BCUT2D eigenvalue weighted by Gasteiger charge is -2.11. The summed E-state index contributed by atoms with van der Waals surface area (Å²) in [6, 6.07) is 9.99. The Balaban J connectivity index is 2.27. The first kappa shape index (κ1) is 12.4. The molecule has 0 saturated carbocycles. The fourth-order valence-corrected chi connectivity index (χ4v) is 1.92. The van der Waals surface area contributed by atoms with E-state index in [-0.39, 0.29) is 0 Å². The van der Waals surface area contributed by atoms with Gasteiger partial charge in [-0.15, -0.1) is 0 Å². The number of anilines is 3. The average Bonchev–Trinajstić information content (AvgIpc) is 2.30. The van der Waals surface area contributed by atoms with E-state index in [1.807, 2.05) is 13.0 Å². The molecule has 3 N–H and O–H groups in total. The minimum absolute atomic E-state index is 0.484. The predicted molar refractivity (Wildman–Crippen MR) is 74.9 cm³/mol. The second kappa shape index (κ2) is 5.49. The number of aromatic nitrogens is 2. The van der Waals surface area contributed by atoms with Crippen LogP contribution in [0.1, 0.15) is 24.7 Å². The number of hydrogen-bond acceptors (Lipinski definition) is 4. The first-order chi connectivity index (χ1) is 8.69. The number of benzene rings is 1. The van der Waals surface area contributed by atoms with E-state index >= 15 is 0 Å². The van der Waals surface area contributed by atoms with E-state index < -0.39 is 0 Å². The minimum atomic E-state index is 0.484. The molecular formula is C14H18N4. The molecule has 0 aliphatic carbocycles. The number of nitrogens with one attached hydrogen (secondary N) is 1. The number of nitrogen functional groups attached to an aromatic ring is 1. The molecule has 1 heterocycles. The van der Waals surface area contributed by atoms with Crippen LogP contribution in [0.15, 0.2) is 30.3 Å². The zero-order valence-corrected chi connectivity index (χ0v) is 10.8. The number of rotatable bonds is 4. The van der Waals surface area contributed by atoms with Gasteiger partial charge in [0.2, 0.25) is 0 Å². The first-order valence-corrected chi connectivity index (χ1v) is 6.15. The van der Waals surface area contributed by atoms with Crippen molar-refractivity contribution >= 4 is 17.3 Å². The Kier molecular flexibility index (Phi) is 3.77. The van der Waals surface area contributed by atoms with Gasteiger partial charge in [-0.05, 0) is 25.0 Å². The Morgan fingerprint density at radius 1 is 1.22 bits per heavy atom. The van der Waals surface area contributed by atoms with E-state index in [4.69, 9.17) is 5.73 Å².